The Morgan fingerprint density at radius 1 is 1.26 bits per heavy atom. The Kier molecular flexibility index (Phi) is 5.55. The van der Waals surface area contributed by atoms with Gasteiger partial charge in [0.25, 0.3) is 0 Å². The molecule has 0 radical (unpaired) electrons. The Bertz CT molecular complexity index is 491. The van der Waals surface area contributed by atoms with Crippen molar-refractivity contribution in [2.24, 2.45) is 5.92 Å². The lowest BCUT2D eigenvalue weighted by Gasteiger charge is -2.33. The van der Waals surface area contributed by atoms with Crippen molar-refractivity contribution in [1.29, 1.82) is 0 Å². The molecule has 0 aromatic heterocycles. The molecular weight excluding hydrogens is 288 g/mol. The van der Waals surface area contributed by atoms with E-state index in [1.807, 2.05) is 4.90 Å². The zero-order chi connectivity index (χ0) is 16.1. The lowest BCUT2D eigenvalue weighted by molar-refractivity contribution is 0.0819. The maximum Gasteiger partial charge on any atom is 0.317 e. The topological polar surface area (TPSA) is 41.6 Å². The van der Waals surface area contributed by atoms with E-state index in [0.29, 0.717) is 5.92 Å². The monoisotopic (exact) mass is 316 g/mol. The fraction of sp³-hybridized carbons (Fsp3) is 0.632. The van der Waals surface area contributed by atoms with Gasteiger partial charge in [0.1, 0.15) is 0 Å². The van der Waals surface area contributed by atoms with Crippen LogP contribution >= 0.6 is 0 Å². The molecule has 2 heterocycles. The molecule has 4 nitrogen and oxygen atoms in total. The Morgan fingerprint density at radius 3 is 2.65 bits per heavy atom. The Morgan fingerprint density at radius 2 is 2.00 bits per heavy atom. The van der Waals surface area contributed by atoms with Crippen molar-refractivity contribution in [1.82, 2.24) is 10.2 Å². The number of likely N-dealkylation sites (tertiary alicyclic amines) is 1. The van der Waals surface area contributed by atoms with E-state index in [2.05, 4.69) is 42.6 Å². The molecule has 2 atom stereocenters. The number of hydrogen-bond donors (Lipinski definition) is 1. The van der Waals surface area contributed by atoms with E-state index in [9.17, 15) is 4.79 Å². The van der Waals surface area contributed by atoms with Crippen LogP contribution in [0.3, 0.4) is 0 Å². The zero-order valence-electron chi connectivity index (χ0n) is 14.0. The third-order valence-corrected chi connectivity index (χ3v) is 5.14. The number of piperidine rings is 1. The molecule has 23 heavy (non-hydrogen) atoms. The lowest BCUT2D eigenvalue weighted by atomic mass is 9.90. The van der Waals surface area contributed by atoms with Crippen LogP contribution in [0.4, 0.5) is 4.79 Å². The molecule has 126 valence electrons. The van der Waals surface area contributed by atoms with Crippen LogP contribution in [0.15, 0.2) is 30.3 Å². The first-order chi connectivity index (χ1) is 11.2. The molecular formula is C19H28N2O2. The summed E-state index contributed by atoms with van der Waals surface area (Å²) in [5.74, 6) is 0.692. The van der Waals surface area contributed by atoms with E-state index in [1.165, 1.54) is 5.56 Å². The van der Waals surface area contributed by atoms with Crippen molar-refractivity contribution in [3.63, 3.8) is 0 Å². The highest BCUT2D eigenvalue weighted by molar-refractivity contribution is 5.74. The van der Waals surface area contributed by atoms with Gasteiger partial charge in [0.05, 0.1) is 12.1 Å². The summed E-state index contributed by atoms with van der Waals surface area (Å²) in [4.78, 5) is 14.4. The third kappa shape index (κ3) is 4.47. The van der Waals surface area contributed by atoms with E-state index in [4.69, 9.17) is 4.74 Å². The lowest BCUT2D eigenvalue weighted by Crippen LogP contribution is -2.50. The number of amides is 2. The van der Waals surface area contributed by atoms with E-state index < -0.39 is 0 Å². The number of carbonyl (C=O) groups excluding carboxylic acids is 1. The molecule has 1 N–H and O–H groups in total. The van der Waals surface area contributed by atoms with Crippen LogP contribution in [0, 0.1) is 5.92 Å². The fourth-order valence-corrected chi connectivity index (χ4v) is 3.66. The first-order valence-corrected chi connectivity index (χ1v) is 8.93. The van der Waals surface area contributed by atoms with Crippen LogP contribution in [0.5, 0.6) is 0 Å². The fourth-order valence-electron chi connectivity index (χ4n) is 3.66. The van der Waals surface area contributed by atoms with Crippen LogP contribution in [0.2, 0.25) is 0 Å². The summed E-state index contributed by atoms with van der Waals surface area (Å²) in [5.41, 5.74) is 1.41. The van der Waals surface area contributed by atoms with Crippen LogP contribution in [0.1, 0.15) is 38.2 Å². The number of carbonyl (C=O) groups is 1. The first-order valence-electron chi connectivity index (χ1n) is 8.93. The summed E-state index contributed by atoms with van der Waals surface area (Å²) in [6.45, 7) is 4.61. The highest BCUT2D eigenvalue weighted by Gasteiger charge is 2.27. The summed E-state index contributed by atoms with van der Waals surface area (Å²) in [6, 6.07) is 10.8. The Hall–Kier alpha value is -1.55. The summed E-state index contributed by atoms with van der Waals surface area (Å²) in [5, 5.41) is 3.12. The highest BCUT2D eigenvalue weighted by Crippen LogP contribution is 2.22. The molecule has 1 aromatic rings. The zero-order valence-corrected chi connectivity index (χ0v) is 14.0. The van der Waals surface area contributed by atoms with Crippen molar-refractivity contribution >= 4 is 6.03 Å². The van der Waals surface area contributed by atoms with Gasteiger partial charge in [-0.15, -0.1) is 0 Å². The Labute approximate surface area is 139 Å². The van der Waals surface area contributed by atoms with Crippen LogP contribution in [-0.2, 0) is 11.2 Å². The van der Waals surface area contributed by atoms with Gasteiger partial charge in [-0.2, -0.15) is 0 Å². The van der Waals surface area contributed by atoms with Gasteiger partial charge in [-0.25, -0.2) is 4.79 Å². The number of hydrogen-bond acceptors (Lipinski definition) is 2. The maximum absolute atomic E-state index is 12.4. The highest BCUT2D eigenvalue weighted by atomic mass is 16.5. The molecule has 0 bridgehead atoms. The average molecular weight is 316 g/mol. The first kappa shape index (κ1) is 16.3. The average Bonchev–Trinajstić information content (AvgIpc) is 3.11. The van der Waals surface area contributed by atoms with Gasteiger partial charge < -0.3 is 15.0 Å². The predicted molar refractivity (Wildman–Crippen MR) is 91.4 cm³/mol. The molecule has 3 rings (SSSR count). The largest absolute Gasteiger partial charge is 0.376 e. The van der Waals surface area contributed by atoms with Gasteiger partial charge in [-0.3, -0.25) is 0 Å². The molecule has 2 fully saturated rings. The number of urea groups is 1. The summed E-state index contributed by atoms with van der Waals surface area (Å²) < 4.78 is 5.65. The Balaban J connectivity index is 1.42. The molecule has 0 saturated carbocycles. The number of rotatable bonds is 4. The van der Waals surface area contributed by atoms with Gasteiger partial charge in [-0.05, 0) is 50.5 Å². The van der Waals surface area contributed by atoms with Crippen molar-refractivity contribution in [3.05, 3.63) is 35.9 Å². The summed E-state index contributed by atoms with van der Waals surface area (Å²) >= 11 is 0. The maximum atomic E-state index is 12.4. The van der Waals surface area contributed by atoms with Gasteiger partial charge in [-0.1, -0.05) is 30.3 Å². The van der Waals surface area contributed by atoms with Crippen LogP contribution in [0.25, 0.3) is 0 Å². The number of benzene rings is 1. The minimum Gasteiger partial charge on any atom is -0.376 e. The molecule has 0 unspecified atom stereocenters. The van der Waals surface area contributed by atoms with Gasteiger partial charge >= 0.3 is 6.03 Å². The standard InChI is InChI=1S/C19H28N2O2/c1-15(18-8-5-13-23-18)20-19(22)21-11-9-17(10-12-21)14-16-6-3-2-4-7-16/h2-4,6-7,15,17-18H,5,8-14H2,1H3,(H,20,22)/t15-,18+/m1/s1. The van der Waals surface area contributed by atoms with Crippen molar-refractivity contribution in [3.8, 4) is 0 Å². The van der Waals surface area contributed by atoms with Crippen LogP contribution < -0.4 is 5.32 Å². The summed E-state index contributed by atoms with van der Waals surface area (Å²) in [6.07, 6.45) is 5.67. The van der Waals surface area contributed by atoms with E-state index >= 15 is 0 Å². The quantitative estimate of drug-likeness (QED) is 0.926. The molecule has 1 aromatic carbocycles. The number of nitrogens with zero attached hydrogens (tertiary/aromatic N) is 1. The van der Waals surface area contributed by atoms with Gasteiger partial charge in [0.2, 0.25) is 0 Å². The molecule has 0 spiro atoms. The van der Waals surface area contributed by atoms with E-state index in [1.54, 1.807) is 0 Å². The second kappa shape index (κ2) is 7.82. The molecule has 0 aliphatic carbocycles. The third-order valence-electron chi connectivity index (χ3n) is 5.14. The molecule has 2 aliphatic heterocycles. The summed E-state index contributed by atoms with van der Waals surface area (Å²) in [7, 11) is 0. The van der Waals surface area contributed by atoms with E-state index in [-0.39, 0.29) is 18.2 Å². The SMILES string of the molecule is C[C@@H](NC(=O)N1CCC(Cc2ccccc2)CC1)[C@@H]1CCCO1. The van der Waals surface area contributed by atoms with E-state index in [0.717, 1.165) is 51.8 Å². The molecule has 2 saturated heterocycles. The van der Waals surface area contributed by atoms with Crippen LogP contribution in [-0.4, -0.2) is 42.8 Å². The number of ether oxygens (including phenoxy) is 1. The minimum atomic E-state index is 0.0751. The molecule has 2 amide bonds. The second-order valence-electron chi connectivity index (χ2n) is 6.91. The van der Waals surface area contributed by atoms with Crippen molar-refractivity contribution < 1.29 is 9.53 Å². The molecule has 2 aliphatic rings. The predicted octanol–water partition coefficient (Wildman–Crippen LogP) is 3.22. The second-order valence-corrected chi connectivity index (χ2v) is 6.91. The minimum absolute atomic E-state index is 0.0751. The number of nitrogens with one attached hydrogen (secondary N) is 1. The van der Waals surface area contributed by atoms with Gasteiger partial charge in [0, 0.05) is 19.7 Å². The van der Waals surface area contributed by atoms with Crippen molar-refractivity contribution in [2.45, 2.75) is 51.2 Å². The van der Waals surface area contributed by atoms with Crippen molar-refractivity contribution in [2.75, 3.05) is 19.7 Å². The normalized spacial score (nSPS) is 23.7. The molecule has 4 heteroatoms. The smallest absolute Gasteiger partial charge is 0.317 e. The van der Waals surface area contributed by atoms with Gasteiger partial charge in [0.15, 0.2) is 0 Å².